The maximum absolute atomic E-state index is 14.1. The van der Waals surface area contributed by atoms with Crippen LogP contribution in [0.5, 0.6) is 0 Å². The molecule has 3 rings (SSSR count). The van der Waals surface area contributed by atoms with Crippen molar-refractivity contribution in [2.45, 2.75) is 114 Å². The van der Waals surface area contributed by atoms with Gasteiger partial charge in [-0.15, -0.1) is 0 Å². The Hall–Kier alpha value is -0.910. The standard InChI is InChI=1S/C23H38N2O2S/c1-14(2)17-10-21(15(3)4)23(22(11-17)16(5)6)28(26,27)25-19-8-7-9-20(25)13-18(24)12-19/h10-11,14-16,18-20H,7-9,12-13,24H2,1-6H3. The second-order valence-corrected chi connectivity index (χ2v) is 11.6. The van der Waals surface area contributed by atoms with Gasteiger partial charge in [0.25, 0.3) is 0 Å². The molecule has 0 aliphatic carbocycles. The summed E-state index contributed by atoms with van der Waals surface area (Å²) in [5.41, 5.74) is 9.44. The number of nitrogens with zero attached hydrogens (tertiary/aromatic N) is 1. The lowest BCUT2D eigenvalue weighted by Gasteiger charge is -2.47. The summed E-state index contributed by atoms with van der Waals surface area (Å²) in [5, 5.41) is 0. The predicted octanol–water partition coefficient (Wildman–Crippen LogP) is 5.09. The molecular formula is C23H38N2O2S. The van der Waals surface area contributed by atoms with Crippen LogP contribution in [0.1, 0.15) is 108 Å². The third kappa shape index (κ3) is 3.90. The van der Waals surface area contributed by atoms with Crippen LogP contribution >= 0.6 is 0 Å². The van der Waals surface area contributed by atoms with Crippen molar-refractivity contribution in [3.8, 4) is 0 Å². The first-order valence-electron chi connectivity index (χ1n) is 11.0. The number of hydrogen-bond donors (Lipinski definition) is 1. The molecule has 1 aromatic rings. The van der Waals surface area contributed by atoms with E-state index >= 15 is 0 Å². The van der Waals surface area contributed by atoms with Crippen LogP contribution in [-0.4, -0.2) is 30.8 Å². The van der Waals surface area contributed by atoms with Gasteiger partial charge in [-0.25, -0.2) is 8.42 Å². The molecule has 2 fully saturated rings. The molecule has 5 heteroatoms. The fraction of sp³-hybridized carbons (Fsp3) is 0.739. The predicted molar refractivity (Wildman–Crippen MR) is 116 cm³/mol. The number of nitrogens with two attached hydrogens (primary N) is 1. The Labute approximate surface area is 171 Å². The molecule has 1 aromatic carbocycles. The van der Waals surface area contributed by atoms with E-state index in [1.54, 1.807) is 0 Å². The Balaban J connectivity index is 2.21. The molecule has 0 amide bonds. The van der Waals surface area contributed by atoms with Crippen molar-refractivity contribution in [1.82, 2.24) is 4.31 Å². The van der Waals surface area contributed by atoms with E-state index < -0.39 is 10.0 Å². The van der Waals surface area contributed by atoms with E-state index in [1.807, 2.05) is 4.31 Å². The quantitative estimate of drug-likeness (QED) is 0.741. The Morgan fingerprint density at radius 1 is 0.893 bits per heavy atom. The molecule has 2 unspecified atom stereocenters. The van der Waals surface area contributed by atoms with Gasteiger partial charge in [-0.3, -0.25) is 0 Å². The molecule has 0 aromatic heterocycles. The molecule has 2 saturated heterocycles. The normalized spacial score (nSPS) is 26.4. The van der Waals surface area contributed by atoms with Crippen LogP contribution in [-0.2, 0) is 10.0 Å². The molecule has 2 atom stereocenters. The molecule has 2 aliphatic heterocycles. The smallest absolute Gasteiger partial charge is 0.244 e. The topological polar surface area (TPSA) is 63.4 Å². The summed E-state index contributed by atoms with van der Waals surface area (Å²) in [6, 6.07) is 4.51. The molecule has 2 bridgehead atoms. The largest absolute Gasteiger partial charge is 0.328 e. The van der Waals surface area contributed by atoms with Crippen LogP contribution in [0.2, 0.25) is 0 Å². The zero-order valence-electron chi connectivity index (χ0n) is 18.4. The summed E-state index contributed by atoms with van der Waals surface area (Å²) < 4.78 is 30.1. The fourth-order valence-corrected chi connectivity index (χ4v) is 7.63. The minimum absolute atomic E-state index is 0.0531. The fourth-order valence-electron chi connectivity index (χ4n) is 5.07. The second-order valence-electron chi connectivity index (χ2n) is 9.80. The first kappa shape index (κ1) is 21.8. The van der Waals surface area contributed by atoms with Gasteiger partial charge in [0.15, 0.2) is 0 Å². The van der Waals surface area contributed by atoms with Gasteiger partial charge < -0.3 is 5.73 Å². The summed E-state index contributed by atoms with van der Waals surface area (Å²) in [7, 11) is -3.56. The molecule has 2 N–H and O–H groups in total. The highest BCUT2D eigenvalue weighted by Gasteiger charge is 2.45. The number of rotatable bonds is 5. The van der Waals surface area contributed by atoms with Crippen molar-refractivity contribution in [2.75, 3.05) is 0 Å². The van der Waals surface area contributed by atoms with E-state index in [4.69, 9.17) is 5.73 Å². The highest BCUT2D eigenvalue weighted by Crippen LogP contribution is 2.42. The van der Waals surface area contributed by atoms with Gasteiger partial charge in [-0.1, -0.05) is 60.1 Å². The van der Waals surface area contributed by atoms with Crippen LogP contribution in [0.3, 0.4) is 0 Å². The minimum Gasteiger partial charge on any atom is -0.328 e. The summed E-state index contributed by atoms with van der Waals surface area (Å²) in [6.45, 7) is 12.8. The van der Waals surface area contributed by atoms with E-state index in [0.29, 0.717) is 10.8 Å². The number of benzene rings is 1. The summed E-state index contributed by atoms with van der Waals surface area (Å²) in [6.07, 6.45) is 4.54. The van der Waals surface area contributed by atoms with Crippen LogP contribution in [0, 0.1) is 0 Å². The maximum Gasteiger partial charge on any atom is 0.244 e. The Morgan fingerprint density at radius 3 is 1.75 bits per heavy atom. The molecule has 2 aliphatic rings. The molecular weight excluding hydrogens is 368 g/mol. The molecule has 4 nitrogen and oxygen atoms in total. The highest BCUT2D eigenvalue weighted by atomic mass is 32.2. The van der Waals surface area contributed by atoms with Crippen LogP contribution in [0.4, 0.5) is 0 Å². The van der Waals surface area contributed by atoms with Crippen LogP contribution in [0.15, 0.2) is 17.0 Å². The molecule has 0 radical (unpaired) electrons. The average molecular weight is 407 g/mol. The SMILES string of the molecule is CC(C)c1cc(C(C)C)c(S(=O)(=O)N2C3CCCC2CC(N)C3)c(C(C)C)c1. The molecule has 158 valence electrons. The van der Waals surface area contributed by atoms with Gasteiger partial charge in [0.05, 0.1) is 4.90 Å². The summed E-state index contributed by atoms with van der Waals surface area (Å²) in [5.74, 6) is 0.694. The van der Waals surface area contributed by atoms with Gasteiger partial charge in [0.2, 0.25) is 10.0 Å². The van der Waals surface area contributed by atoms with Crippen molar-refractivity contribution in [3.63, 3.8) is 0 Å². The van der Waals surface area contributed by atoms with E-state index in [9.17, 15) is 8.42 Å². The zero-order valence-corrected chi connectivity index (χ0v) is 19.2. The summed E-state index contributed by atoms with van der Waals surface area (Å²) >= 11 is 0. The maximum atomic E-state index is 14.1. The van der Waals surface area contributed by atoms with E-state index in [1.165, 1.54) is 5.56 Å². The highest BCUT2D eigenvalue weighted by molar-refractivity contribution is 7.89. The lowest BCUT2D eigenvalue weighted by Crippen LogP contribution is -2.57. The monoisotopic (exact) mass is 406 g/mol. The molecule has 0 spiro atoms. The van der Waals surface area contributed by atoms with E-state index in [2.05, 4.69) is 53.7 Å². The van der Waals surface area contributed by atoms with Gasteiger partial charge >= 0.3 is 0 Å². The second kappa shape index (κ2) is 8.08. The Kier molecular flexibility index (Phi) is 6.29. The number of piperidine rings is 2. The third-order valence-electron chi connectivity index (χ3n) is 6.56. The van der Waals surface area contributed by atoms with Crippen molar-refractivity contribution >= 4 is 10.0 Å². The van der Waals surface area contributed by atoms with E-state index in [0.717, 1.165) is 43.2 Å². The molecule has 2 heterocycles. The molecule has 0 saturated carbocycles. The van der Waals surface area contributed by atoms with Gasteiger partial charge in [-0.05, 0) is 60.1 Å². The Bertz CT molecular complexity index is 771. The van der Waals surface area contributed by atoms with Gasteiger partial charge in [0, 0.05) is 18.1 Å². The van der Waals surface area contributed by atoms with Crippen LogP contribution in [0.25, 0.3) is 0 Å². The average Bonchev–Trinajstić information content (AvgIpc) is 2.59. The first-order chi connectivity index (χ1) is 13.0. The van der Waals surface area contributed by atoms with Crippen molar-refractivity contribution in [3.05, 3.63) is 28.8 Å². The first-order valence-corrected chi connectivity index (χ1v) is 12.4. The van der Waals surface area contributed by atoms with Gasteiger partial charge in [0.1, 0.15) is 0 Å². The van der Waals surface area contributed by atoms with E-state index in [-0.39, 0.29) is 30.0 Å². The van der Waals surface area contributed by atoms with Crippen molar-refractivity contribution < 1.29 is 8.42 Å². The van der Waals surface area contributed by atoms with Gasteiger partial charge in [-0.2, -0.15) is 4.31 Å². The van der Waals surface area contributed by atoms with Crippen molar-refractivity contribution in [1.29, 1.82) is 0 Å². The van der Waals surface area contributed by atoms with Crippen molar-refractivity contribution in [2.24, 2.45) is 5.73 Å². The van der Waals surface area contributed by atoms with Crippen LogP contribution < -0.4 is 5.73 Å². The number of hydrogen-bond acceptors (Lipinski definition) is 3. The summed E-state index contributed by atoms with van der Waals surface area (Å²) in [4.78, 5) is 0.578. The zero-order chi connectivity index (χ0) is 20.8. The Morgan fingerprint density at radius 2 is 1.36 bits per heavy atom. The lowest BCUT2D eigenvalue weighted by molar-refractivity contribution is 0.111. The third-order valence-corrected chi connectivity index (χ3v) is 8.70. The minimum atomic E-state index is -3.56. The molecule has 28 heavy (non-hydrogen) atoms. The number of sulfonamides is 1. The number of fused-ring (bicyclic) bond motifs is 2. The lowest BCUT2D eigenvalue weighted by atomic mass is 9.84.